The van der Waals surface area contributed by atoms with Crippen LogP contribution in [0, 0.1) is 24.0 Å². The minimum Gasteiger partial charge on any atom is -0.400 e. The van der Waals surface area contributed by atoms with Crippen LogP contribution in [0.4, 0.5) is 11.6 Å². The molecule has 0 amide bonds. The number of nitrogens with one attached hydrogen (secondary N) is 1. The molecule has 116 valence electrons. The van der Waals surface area contributed by atoms with Crippen molar-refractivity contribution in [3.8, 4) is 0 Å². The van der Waals surface area contributed by atoms with Gasteiger partial charge in [0.15, 0.2) is 5.76 Å². The Hall–Kier alpha value is -3.22. The first kappa shape index (κ1) is 14.7. The average molecular weight is 310 g/mol. The van der Waals surface area contributed by atoms with Crippen LogP contribution in [0.1, 0.15) is 17.0 Å². The lowest BCUT2D eigenvalue weighted by Gasteiger charge is -2.07. The van der Waals surface area contributed by atoms with E-state index >= 15 is 0 Å². The van der Waals surface area contributed by atoms with Gasteiger partial charge < -0.3 is 4.42 Å². The number of nitrogens with zero attached hydrogens (tertiary/aromatic N) is 3. The Morgan fingerprint density at radius 1 is 1.26 bits per heavy atom. The Morgan fingerprint density at radius 2 is 2.09 bits per heavy atom. The molecule has 0 atom stereocenters. The predicted molar refractivity (Wildman–Crippen MR) is 87.8 cm³/mol. The van der Waals surface area contributed by atoms with E-state index in [-0.39, 0.29) is 5.88 Å². The SMILES string of the molecule is Cc1ccc2nc(C)cc(NN=Cc3ccc([N+](=O)[O-])o3)c2c1. The Balaban J connectivity index is 1.87. The molecule has 23 heavy (non-hydrogen) atoms. The van der Waals surface area contributed by atoms with Gasteiger partial charge >= 0.3 is 5.88 Å². The van der Waals surface area contributed by atoms with Gasteiger partial charge in [-0.3, -0.25) is 20.5 Å². The molecule has 2 heterocycles. The number of aryl methyl sites for hydroxylation is 2. The smallest absolute Gasteiger partial charge is 0.400 e. The molecule has 0 bridgehead atoms. The highest BCUT2D eigenvalue weighted by Gasteiger charge is 2.10. The number of nitro groups is 1. The second kappa shape index (κ2) is 5.88. The lowest BCUT2D eigenvalue weighted by Crippen LogP contribution is -1.95. The van der Waals surface area contributed by atoms with E-state index in [1.807, 2.05) is 38.1 Å². The normalized spacial score (nSPS) is 11.2. The summed E-state index contributed by atoms with van der Waals surface area (Å²) < 4.78 is 5.01. The van der Waals surface area contributed by atoms with E-state index in [9.17, 15) is 10.1 Å². The summed E-state index contributed by atoms with van der Waals surface area (Å²) >= 11 is 0. The molecule has 1 aromatic carbocycles. The van der Waals surface area contributed by atoms with Gasteiger partial charge in [-0.15, -0.1) is 0 Å². The van der Waals surface area contributed by atoms with Gasteiger partial charge in [0.25, 0.3) is 0 Å². The molecule has 0 radical (unpaired) electrons. The van der Waals surface area contributed by atoms with Crippen LogP contribution in [-0.2, 0) is 0 Å². The first-order chi connectivity index (χ1) is 11.0. The van der Waals surface area contributed by atoms with Crippen LogP contribution in [0.15, 0.2) is 45.9 Å². The number of hydrogen-bond acceptors (Lipinski definition) is 6. The van der Waals surface area contributed by atoms with Gasteiger partial charge in [0.2, 0.25) is 0 Å². The van der Waals surface area contributed by atoms with Crippen molar-refractivity contribution in [2.75, 3.05) is 5.43 Å². The number of benzene rings is 1. The number of hydrogen-bond donors (Lipinski definition) is 1. The topological polar surface area (TPSA) is 93.6 Å². The van der Waals surface area contributed by atoms with Crippen molar-refractivity contribution in [2.24, 2.45) is 5.10 Å². The fourth-order valence-electron chi connectivity index (χ4n) is 2.24. The molecule has 0 spiro atoms. The summed E-state index contributed by atoms with van der Waals surface area (Å²) in [5.41, 5.74) is 6.62. The Labute approximate surface area is 131 Å². The zero-order valence-electron chi connectivity index (χ0n) is 12.6. The number of rotatable bonds is 4. The molecule has 3 rings (SSSR count). The fraction of sp³-hybridized carbons (Fsp3) is 0.125. The van der Waals surface area contributed by atoms with Crippen LogP contribution in [-0.4, -0.2) is 16.1 Å². The first-order valence-corrected chi connectivity index (χ1v) is 6.94. The van der Waals surface area contributed by atoms with Crippen LogP contribution in [0.5, 0.6) is 0 Å². The standard InChI is InChI=1S/C16H14N4O3/c1-10-3-5-14-13(7-10)15(8-11(2)18-14)19-17-9-12-4-6-16(23-12)20(21)22/h3-9H,1-2H3,(H,18,19). The molecular weight excluding hydrogens is 296 g/mol. The van der Waals surface area contributed by atoms with Crippen LogP contribution in [0.3, 0.4) is 0 Å². The summed E-state index contributed by atoms with van der Waals surface area (Å²) in [4.78, 5) is 14.5. The van der Waals surface area contributed by atoms with E-state index in [0.717, 1.165) is 27.8 Å². The molecule has 0 aliphatic carbocycles. The molecule has 0 unspecified atom stereocenters. The highest BCUT2D eigenvalue weighted by molar-refractivity contribution is 5.92. The van der Waals surface area contributed by atoms with Crippen LogP contribution in [0.2, 0.25) is 0 Å². The van der Waals surface area contributed by atoms with Crippen molar-refractivity contribution in [1.82, 2.24) is 4.98 Å². The fourth-order valence-corrected chi connectivity index (χ4v) is 2.24. The third-order valence-electron chi connectivity index (χ3n) is 3.26. The third-order valence-corrected chi connectivity index (χ3v) is 3.26. The van der Waals surface area contributed by atoms with E-state index in [2.05, 4.69) is 15.5 Å². The zero-order valence-corrected chi connectivity index (χ0v) is 12.6. The van der Waals surface area contributed by atoms with E-state index in [1.54, 1.807) is 0 Å². The zero-order chi connectivity index (χ0) is 16.4. The molecule has 7 nitrogen and oxygen atoms in total. The minimum atomic E-state index is -0.590. The first-order valence-electron chi connectivity index (χ1n) is 6.94. The van der Waals surface area contributed by atoms with E-state index in [1.165, 1.54) is 18.3 Å². The van der Waals surface area contributed by atoms with E-state index in [0.29, 0.717) is 5.76 Å². The number of aromatic nitrogens is 1. The van der Waals surface area contributed by atoms with Crippen molar-refractivity contribution in [1.29, 1.82) is 0 Å². The minimum absolute atomic E-state index is 0.301. The van der Waals surface area contributed by atoms with Gasteiger partial charge in [-0.2, -0.15) is 5.10 Å². The Bertz CT molecular complexity index is 915. The number of pyridine rings is 1. The monoisotopic (exact) mass is 310 g/mol. The van der Waals surface area contributed by atoms with Crippen molar-refractivity contribution >= 4 is 28.7 Å². The van der Waals surface area contributed by atoms with Crippen LogP contribution in [0.25, 0.3) is 10.9 Å². The molecule has 0 aliphatic heterocycles. The van der Waals surface area contributed by atoms with E-state index < -0.39 is 4.92 Å². The molecule has 0 saturated heterocycles. The number of furan rings is 1. The molecule has 0 fully saturated rings. The molecular formula is C16H14N4O3. The van der Waals surface area contributed by atoms with Gasteiger partial charge in [-0.05, 0) is 38.1 Å². The number of hydrazone groups is 1. The summed E-state index contributed by atoms with van der Waals surface area (Å²) in [7, 11) is 0. The summed E-state index contributed by atoms with van der Waals surface area (Å²) in [6.07, 6.45) is 1.39. The van der Waals surface area contributed by atoms with E-state index in [4.69, 9.17) is 4.42 Å². The molecule has 0 saturated carbocycles. The molecule has 2 aromatic heterocycles. The van der Waals surface area contributed by atoms with Crippen molar-refractivity contribution < 1.29 is 9.34 Å². The van der Waals surface area contributed by atoms with Gasteiger partial charge in [0.1, 0.15) is 4.92 Å². The van der Waals surface area contributed by atoms with Gasteiger partial charge in [-0.25, -0.2) is 0 Å². The third kappa shape index (κ3) is 3.18. The Morgan fingerprint density at radius 3 is 2.83 bits per heavy atom. The number of anilines is 1. The quantitative estimate of drug-likeness (QED) is 0.449. The highest BCUT2D eigenvalue weighted by Crippen LogP contribution is 2.24. The summed E-state index contributed by atoms with van der Waals surface area (Å²) in [5, 5.41) is 15.6. The van der Waals surface area contributed by atoms with Gasteiger partial charge in [-0.1, -0.05) is 11.6 Å². The maximum atomic E-state index is 10.6. The largest absolute Gasteiger partial charge is 0.433 e. The molecule has 1 N–H and O–H groups in total. The maximum absolute atomic E-state index is 10.6. The second-order valence-corrected chi connectivity index (χ2v) is 5.13. The van der Waals surface area contributed by atoms with Gasteiger partial charge in [0.05, 0.1) is 23.5 Å². The molecule has 7 heteroatoms. The maximum Gasteiger partial charge on any atom is 0.433 e. The lowest BCUT2D eigenvalue weighted by atomic mass is 10.1. The predicted octanol–water partition coefficient (Wildman–Crippen LogP) is 3.80. The summed E-state index contributed by atoms with van der Waals surface area (Å²) in [5.74, 6) is -0.0113. The highest BCUT2D eigenvalue weighted by atomic mass is 16.6. The Kier molecular flexibility index (Phi) is 3.76. The lowest BCUT2D eigenvalue weighted by molar-refractivity contribution is -0.402. The van der Waals surface area contributed by atoms with Crippen LogP contribution >= 0.6 is 0 Å². The second-order valence-electron chi connectivity index (χ2n) is 5.13. The van der Waals surface area contributed by atoms with Crippen LogP contribution < -0.4 is 5.43 Å². The molecule has 0 aliphatic rings. The summed E-state index contributed by atoms with van der Waals surface area (Å²) in [6, 6.07) is 10.7. The average Bonchev–Trinajstić information content (AvgIpc) is 2.97. The van der Waals surface area contributed by atoms with Crippen molar-refractivity contribution in [3.05, 3.63) is 63.5 Å². The number of fused-ring (bicyclic) bond motifs is 1. The van der Waals surface area contributed by atoms with Crippen molar-refractivity contribution in [3.63, 3.8) is 0 Å². The van der Waals surface area contributed by atoms with Crippen molar-refractivity contribution in [2.45, 2.75) is 13.8 Å². The van der Waals surface area contributed by atoms with Gasteiger partial charge in [0, 0.05) is 11.1 Å². The summed E-state index contributed by atoms with van der Waals surface area (Å²) in [6.45, 7) is 3.92. The molecule has 3 aromatic rings.